The summed E-state index contributed by atoms with van der Waals surface area (Å²) in [6.07, 6.45) is 2.21. The van der Waals surface area contributed by atoms with Gasteiger partial charge < -0.3 is 4.74 Å². The number of para-hydroxylation sites is 1. The molecule has 1 aliphatic carbocycles. The molecule has 1 heterocycles. The fourth-order valence-electron chi connectivity index (χ4n) is 2.19. The van der Waals surface area contributed by atoms with Crippen molar-refractivity contribution in [1.82, 2.24) is 4.98 Å². The van der Waals surface area contributed by atoms with E-state index in [-0.39, 0.29) is 5.78 Å². The van der Waals surface area contributed by atoms with E-state index in [4.69, 9.17) is 4.74 Å². The molecule has 18 heavy (non-hydrogen) atoms. The zero-order valence-electron chi connectivity index (χ0n) is 10.1. The molecule has 3 nitrogen and oxygen atoms in total. The minimum absolute atomic E-state index is 0.103. The van der Waals surface area contributed by atoms with Crippen LogP contribution in [0.3, 0.4) is 0 Å². The summed E-state index contributed by atoms with van der Waals surface area (Å²) in [5.41, 5.74) is 2.23. The Labute approximate surface area is 105 Å². The maximum atomic E-state index is 11.9. The van der Waals surface area contributed by atoms with E-state index in [1.165, 1.54) is 0 Å². The first-order valence-electron chi connectivity index (χ1n) is 6.06. The molecular formula is C15H13NO2. The molecule has 2 aromatic rings. The molecule has 0 bridgehead atoms. The molecule has 0 spiro atoms. The first-order chi connectivity index (χ1) is 8.79. The number of pyridine rings is 1. The predicted molar refractivity (Wildman–Crippen MR) is 70.3 cm³/mol. The second-order valence-electron chi connectivity index (χ2n) is 4.21. The van der Waals surface area contributed by atoms with Gasteiger partial charge in [0, 0.05) is 17.4 Å². The number of allylic oxidation sites excluding steroid dienone is 1. The Kier molecular flexibility index (Phi) is 2.59. The highest BCUT2D eigenvalue weighted by molar-refractivity contribution is 6.05. The van der Waals surface area contributed by atoms with E-state index in [9.17, 15) is 4.79 Å². The van der Waals surface area contributed by atoms with Crippen LogP contribution in [0.4, 0.5) is 0 Å². The van der Waals surface area contributed by atoms with Gasteiger partial charge in [0.2, 0.25) is 0 Å². The van der Waals surface area contributed by atoms with Crippen molar-refractivity contribution in [3.8, 4) is 0 Å². The largest absolute Gasteiger partial charge is 0.492 e. The van der Waals surface area contributed by atoms with Gasteiger partial charge in [0.15, 0.2) is 5.78 Å². The molecular weight excluding hydrogens is 226 g/mol. The fraction of sp³-hybridized carbons (Fsp3) is 0.200. The van der Waals surface area contributed by atoms with Crippen LogP contribution in [-0.2, 0) is 4.74 Å². The van der Waals surface area contributed by atoms with E-state index in [1.54, 1.807) is 0 Å². The maximum Gasteiger partial charge on any atom is 0.169 e. The van der Waals surface area contributed by atoms with Crippen molar-refractivity contribution in [2.24, 2.45) is 0 Å². The molecule has 3 rings (SSSR count). The van der Waals surface area contributed by atoms with Crippen LogP contribution in [0.1, 0.15) is 29.4 Å². The number of aromatic nitrogens is 1. The van der Waals surface area contributed by atoms with Crippen molar-refractivity contribution in [2.75, 3.05) is 6.61 Å². The summed E-state index contributed by atoms with van der Waals surface area (Å²) in [6, 6.07) is 9.71. The lowest BCUT2D eigenvalue weighted by molar-refractivity contribution is 0.0991. The third kappa shape index (κ3) is 1.68. The lowest BCUT2D eigenvalue weighted by Gasteiger charge is -2.16. The van der Waals surface area contributed by atoms with Gasteiger partial charge in [0.05, 0.1) is 12.1 Å². The minimum atomic E-state index is 0.103. The molecule has 1 aliphatic rings. The second kappa shape index (κ2) is 4.26. The first-order valence-corrected chi connectivity index (χ1v) is 6.06. The molecule has 0 unspecified atom stereocenters. The van der Waals surface area contributed by atoms with E-state index < -0.39 is 0 Å². The van der Waals surface area contributed by atoms with Crippen molar-refractivity contribution < 1.29 is 9.53 Å². The Morgan fingerprint density at radius 1 is 1.33 bits per heavy atom. The Bertz CT molecular complexity index is 659. The maximum absolute atomic E-state index is 11.9. The van der Waals surface area contributed by atoms with Crippen molar-refractivity contribution in [3.63, 3.8) is 0 Å². The highest BCUT2D eigenvalue weighted by Crippen LogP contribution is 2.28. The van der Waals surface area contributed by atoms with Crippen LogP contribution in [0, 0.1) is 0 Å². The average molecular weight is 239 g/mol. The highest BCUT2D eigenvalue weighted by atomic mass is 16.5. The van der Waals surface area contributed by atoms with E-state index >= 15 is 0 Å². The molecule has 0 fully saturated rings. The molecule has 90 valence electrons. The molecule has 0 atom stereocenters. The highest BCUT2D eigenvalue weighted by Gasteiger charge is 2.22. The zero-order valence-corrected chi connectivity index (χ0v) is 10.1. The Hall–Kier alpha value is -2.16. The Balaban J connectivity index is 2.24. The van der Waals surface area contributed by atoms with Gasteiger partial charge in [-0.1, -0.05) is 18.2 Å². The van der Waals surface area contributed by atoms with Gasteiger partial charge in [-0.3, -0.25) is 4.79 Å². The summed E-state index contributed by atoms with van der Waals surface area (Å²) in [5.74, 6) is 0.824. The summed E-state index contributed by atoms with van der Waals surface area (Å²) < 4.78 is 5.55. The molecule has 0 radical (unpaired) electrons. The smallest absolute Gasteiger partial charge is 0.169 e. The van der Waals surface area contributed by atoms with Crippen molar-refractivity contribution in [1.29, 1.82) is 0 Å². The van der Waals surface area contributed by atoms with E-state index in [0.717, 1.165) is 16.7 Å². The summed E-state index contributed by atoms with van der Waals surface area (Å²) in [6.45, 7) is 2.51. The van der Waals surface area contributed by atoms with Crippen molar-refractivity contribution in [3.05, 3.63) is 47.7 Å². The number of carbonyl (C=O) groups excluding carboxylic acids is 1. The number of hydrogen-bond donors (Lipinski definition) is 0. The third-order valence-electron chi connectivity index (χ3n) is 3.03. The summed E-state index contributed by atoms with van der Waals surface area (Å²) in [5, 5.41) is 0.988. The first kappa shape index (κ1) is 11.0. The van der Waals surface area contributed by atoms with Crippen LogP contribution < -0.4 is 0 Å². The SMILES string of the molecule is CCOC1=CCC(=O)c2cc3ccccc3nc21. The lowest BCUT2D eigenvalue weighted by atomic mass is 9.97. The van der Waals surface area contributed by atoms with Crippen LogP contribution in [-0.4, -0.2) is 17.4 Å². The van der Waals surface area contributed by atoms with Crippen LogP contribution in [0.25, 0.3) is 16.7 Å². The number of benzene rings is 1. The van der Waals surface area contributed by atoms with Gasteiger partial charge in [-0.2, -0.15) is 0 Å². The number of carbonyl (C=O) groups is 1. The molecule has 3 heteroatoms. The van der Waals surface area contributed by atoms with E-state index in [0.29, 0.717) is 24.3 Å². The molecule has 0 saturated heterocycles. The molecule has 0 saturated carbocycles. The minimum Gasteiger partial charge on any atom is -0.492 e. The average Bonchev–Trinajstić information content (AvgIpc) is 2.41. The number of Topliss-reactive ketones (excluding diaryl/α,β-unsaturated/α-hetero) is 1. The summed E-state index contributed by atoms with van der Waals surface area (Å²) >= 11 is 0. The summed E-state index contributed by atoms with van der Waals surface area (Å²) in [7, 11) is 0. The van der Waals surface area contributed by atoms with Gasteiger partial charge in [-0.15, -0.1) is 0 Å². The van der Waals surface area contributed by atoms with Gasteiger partial charge in [-0.25, -0.2) is 4.98 Å². The van der Waals surface area contributed by atoms with Crippen LogP contribution in [0.5, 0.6) is 0 Å². The normalized spacial score (nSPS) is 14.3. The third-order valence-corrected chi connectivity index (χ3v) is 3.03. The van der Waals surface area contributed by atoms with Gasteiger partial charge >= 0.3 is 0 Å². The zero-order chi connectivity index (χ0) is 12.5. The number of ether oxygens (including phenoxy) is 1. The molecule has 0 amide bonds. The predicted octanol–water partition coefficient (Wildman–Crippen LogP) is 3.20. The number of nitrogens with zero attached hydrogens (tertiary/aromatic N) is 1. The second-order valence-corrected chi connectivity index (χ2v) is 4.21. The van der Waals surface area contributed by atoms with Crippen molar-refractivity contribution >= 4 is 22.4 Å². The van der Waals surface area contributed by atoms with Crippen LogP contribution >= 0.6 is 0 Å². The molecule has 1 aromatic carbocycles. The van der Waals surface area contributed by atoms with Crippen LogP contribution in [0.15, 0.2) is 36.4 Å². The number of fused-ring (bicyclic) bond motifs is 2. The Morgan fingerprint density at radius 2 is 2.17 bits per heavy atom. The van der Waals surface area contributed by atoms with Gasteiger partial charge in [0.25, 0.3) is 0 Å². The number of ketones is 1. The topological polar surface area (TPSA) is 39.2 Å². The van der Waals surface area contributed by atoms with Gasteiger partial charge in [0.1, 0.15) is 11.5 Å². The number of rotatable bonds is 2. The van der Waals surface area contributed by atoms with Crippen molar-refractivity contribution in [2.45, 2.75) is 13.3 Å². The molecule has 1 aromatic heterocycles. The quantitative estimate of drug-likeness (QED) is 0.807. The van der Waals surface area contributed by atoms with E-state index in [2.05, 4.69) is 4.98 Å². The van der Waals surface area contributed by atoms with Crippen LogP contribution in [0.2, 0.25) is 0 Å². The molecule has 0 aliphatic heterocycles. The fourth-order valence-corrected chi connectivity index (χ4v) is 2.19. The Morgan fingerprint density at radius 3 is 3.00 bits per heavy atom. The lowest BCUT2D eigenvalue weighted by Crippen LogP contribution is -2.11. The number of hydrogen-bond acceptors (Lipinski definition) is 3. The standard InChI is InChI=1S/C15H13NO2/c1-2-18-14-8-7-13(17)11-9-10-5-3-4-6-12(10)16-15(11)14/h3-6,8-9H,2,7H2,1H3. The summed E-state index contributed by atoms with van der Waals surface area (Å²) in [4.78, 5) is 16.5. The molecule has 0 N–H and O–H groups in total. The van der Waals surface area contributed by atoms with E-state index in [1.807, 2.05) is 43.3 Å². The monoisotopic (exact) mass is 239 g/mol. The van der Waals surface area contributed by atoms with Gasteiger partial charge in [-0.05, 0) is 25.1 Å².